The quantitative estimate of drug-likeness (QED) is 0.560. The van der Waals surface area contributed by atoms with E-state index in [1.54, 1.807) is 17.0 Å². The highest BCUT2D eigenvalue weighted by molar-refractivity contribution is 7.89. The lowest BCUT2D eigenvalue weighted by Crippen LogP contribution is -2.50. The number of nitrogens with one attached hydrogen (secondary N) is 2. The van der Waals surface area contributed by atoms with Crippen molar-refractivity contribution in [3.05, 3.63) is 59.1 Å². The van der Waals surface area contributed by atoms with Gasteiger partial charge in [0.2, 0.25) is 21.8 Å². The SMILES string of the molecule is CCc1ccccc1NC(=O)CN1CCN(C(=O)CCNS(=O)(=O)c2cccc(Cl)c2)CC1. The third kappa shape index (κ3) is 7.26. The van der Waals surface area contributed by atoms with Gasteiger partial charge in [0.15, 0.2) is 0 Å². The van der Waals surface area contributed by atoms with Crippen LogP contribution in [0.1, 0.15) is 18.9 Å². The lowest BCUT2D eigenvalue weighted by atomic mass is 10.1. The van der Waals surface area contributed by atoms with Crippen molar-refractivity contribution < 1.29 is 18.0 Å². The van der Waals surface area contributed by atoms with E-state index >= 15 is 0 Å². The average Bonchev–Trinajstić information content (AvgIpc) is 2.79. The predicted octanol–water partition coefficient (Wildman–Crippen LogP) is 2.35. The molecule has 178 valence electrons. The van der Waals surface area contributed by atoms with Crippen molar-refractivity contribution in [3.8, 4) is 0 Å². The van der Waals surface area contributed by atoms with Gasteiger partial charge in [-0.05, 0) is 36.2 Å². The standard InChI is InChI=1S/C23H29ClN4O4S/c1-2-18-6-3-4-9-21(18)26-22(29)17-27-12-14-28(15-13-27)23(30)10-11-25-33(31,32)20-8-5-7-19(24)16-20/h3-9,16,25H,2,10-15,17H2,1H3,(H,26,29). The number of aryl methyl sites for hydroxylation is 1. The molecule has 1 saturated heterocycles. The van der Waals surface area contributed by atoms with E-state index in [9.17, 15) is 18.0 Å². The van der Waals surface area contributed by atoms with Crippen LogP contribution in [0.5, 0.6) is 0 Å². The Labute approximate surface area is 200 Å². The van der Waals surface area contributed by atoms with E-state index in [0.717, 1.165) is 17.7 Å². The minimum absolute atomic E-state index is 0.00708. The fourth-order valence-corrected chi connectivity index (χ4v) is 5.00. The van der Waals surface area contributed by atoms with Crippen LogP contribution in [0.25, 0.3) is 0 Å². The van der Waals surface area contributed by atoms with Crippen LogP contribution in [0.2, 0.25) is 5.02 Å². The van der Waals surface area contributed by atoms with Gasteiger partial charge in [-0.15, -0.1) is 0 Å². The Morgan fingerprint density at radius 3 is 2.45 bits per heavy atom. The molecule has 2 amide bonds. The average molecular weight is 493 g/mol. The highest BCUT2D eigenvalue weighted by Crippen LogP contribution is 2.16. The molecule has 0 aliphatic carbocycles. The number of benzene rings is 2. The van der Waals surface area contributed by atoms with Gasteiger partial charge in [0.1, 0.15) is 0 Å². The van der Waals surface area contributed by atoms with Crippen LogP contribution in [0.4, 0.5) is 5.69 Å². The largest absolute Gasteiger partial charge is 0.340 e. The molecule has 1 fully saturated rings. The smallest absolute Gasteiger partial charge is 0.240 e. The van der Waals surface area contributed by atoms with E-state index in [-0.39, 0.29) is 36.2 Å². The van der Waals surface area contributed by atoms with Crippen LogP contribution in [-0.2, 0) is 26.0 Å². The Kier molecular flexibility index (Phi) is 8.85. The molecule has 0 bridgehead atoms. The Bertz CT molecular complexity index is 1090. The lowest BCUT2D eigenvalue weighted by Gasteiger charge is -2.34. The first-order valence-electron chi connectivity index (χ1n) is 10.9. The summed E-state index contributed by atoms with van der Waals surface area (Å²) >= 11 is 5.85. The molecule has 8 nitrogen and oxygen atoms in total. The molecule has 10 heteroatoms. The third-order valence-corrected chi connectivity index (χ3v) is 7.20. The number of rotatable bonds is 9. The van der Waals surface area contributed by atoms with E-state index in [2.05, 4.69) is 10.0 Å². The van der Waals surface area contributed by atoms with Crippen molar-refractivity contribution in [1.29, 1.82) is 0 Å². The molecule has 0 saturated carbocycles. The van der Waals surface area contributed by atoms with Crippen LogP contribution in [0.3, 0.4) is 0 Å². The Morgan fingerprint density at radius 2 is 1.76 bits per heavy atom. The number of anilines is 1. The molecule has 1 aliphatic rings. The molecule has 0 unspecified atom stereocenters. The Balaban J connectivity index is 1.40. The molecule has 1 aliphatic heterocycles. The zero-order valence-corrected chi connectivity index (χ0v) is 20.2. The molecule has 0 spiro atoms. The first kappa shape index (κ1) is 25.2. The number of piperazine rings is 1. The van der Waals surface area contributed by atoms with Crippen LogP contribution in [0.15, 0.2) is 53.4 Å². The second-order valence-electron chi connectivity index (χ2n) is 7.82. The van der Waals surface area contributed by atoms with Crippen LogP contribution in [-0.4, -0.2) is 69.3 Å². The number of halogens is 1. The van der Waals surface area contributed by atoms with Crippen molar-refractivity contribution in [2.24, 2.45) is 0 Å². The van der Waals surface area contributed by atoms with Gasteiger partial charge in [-0.3, -0.25) is 14.5 Å². The second-order valence-corrected chi connectivity index (χ2v) is 10.0. The number of hydrogen-bond donors (Lipinski definition) is 2. The van der Waals surface area contributed by atoms with Crippen LogP contribution < -0.4 is 10.0 Å². The van der Waals surface area contributed by atoms with Crippen molar-refractivity contribution >= 4 is 39.1 Å². The maximum absolute atomic E-state index is 12.5. The second kappa shape index (κ2) is 11.6. The highest BCUT2D eigenvalue weighted by atomic mass is 35.5. The van der Waals surface area contributed by atoms with Crippen LogP contribution >= 0.6 is 11.6 Å². The maximum atomic E-state index is 12.5. The first-order valence-corrected chi connectivity index (χ1v) is 12.8. The summed E-state index contributed by atoms with van der Waals surface area (Å²) in [5.74, 6) is -0.198. The molecular formula is C23H29ClN4O4S. The minimum Gasteiger partial charge on any atom is -0.340 e. The van der Waals surface area contributed by atoms with Crippen molar-refractivity contribution in [2.45, 2.75) is 24.7 Å². The fourth-order valence-electron chi connectivity index (χ4n) is 3.67. The summed E-state index contributed by atoms with van der Waals surface area (Å²) in [7, 11) is -3.72. The van der Waals surface area contributed by atoms with E-state index in [1.165, 1.54) is 12.1 Å². The fraction of sp³-hybridized carbons (Fsp3) is 0.391. The maximum Gasteiger partial charge on any atom is 0.240 e. The molecule has 1 heterocycles. The van der Waals surface area contributed by atoms with E-state index in [0.29, 0.717) is 31.2 Å². The van der Waals surface area contributed by atoms with Gasteiger partial charge in [-0.25, -0.2) is 13.1 Å². The summed E-state index contributed by atoms with van der Waals surface area (Å²) in [6.07, 6.45) is 0.903. The monoisotopic (exact) mass is 492 g/mol. The zero-order valence-electron chi connectivity index (χ0n) is 18.6. The number of nitrogens with zero attached hydrogens (tertiary/aromatic N) is 2. The highest BCUT2D eigenvalue weighted by Gasteiger charge is 2.23. The topological polar surface area (TPSA) is 98.8 Å². The molecule has 0 aromatic heterocycles. The van der Waals surface area contributed by atoms with Crippen molar-refractivity contribution in [1.82, 2.24) is 14.5 Å². The van der Waals surface area contributed by atoms with Gasteiger partial charge in [0, 0.05) is 49.9 Å². The number of carbonyl (C=O) groups excluding carboxylic acids is 2. The van der Waals surface area contributed by atoms with E-state index < -0.39 is 10.0 Å². The van der Waals surface area contributed by atoms with E-state index in [1.807, 2.05) is 36.1 Å². The van der Waals surface area contributed by atoms with Gasteiger partial charge in [0.25, 0.3) is 0 Å². The zero-order chi connectivity index (χ0) is 23.8. The summed E-state index contributed by atoms with van der Waals surface area (Å²) in [4.78, 5) is 28.7. The first-order chi connectivity index (χ1) is 15.8. The minimum atomic E-state index is -3.72. The Morgan fingerprint density at radius 1 is 1.03 bits per heavy atom. The van der Waals surface area contributed by atoms with Crippen molar-refractivity contribution in [2.75, 3.05) is 44.6 Å². The molecule has 0 atom stereocenters. The van der Waals surface area contributed by atoms with E-state index in [4.69, 9.17) is 11.6 Å². The lowest BCUT2D eigenvalue weighted by molar-refractivity contribution is -0.132. The summed E-state index contributed by atoms with van der Waals surface area (Å²) in [6, 6.07) is 13.7. The molecule has 0 radical (unpaired) electrons. The third-order valence-electron chi connectivity index (χ3n) is 5.50. The number of para-hydroxylation sites is 1. The van der Waals surface area contributed by atoms with Crippen molar-refractivity contribution in [3.63, 3.8) is 0 Å². The molecule has 2 N–H and O–H groups in total. The number of hydrogen-bond acceptors (Lipinski definition) is 5. The number of amides is 2. The molecular weight excluding hydrogens is 464 g/mol. The van der Waals surface area contributed by atoms with Gasteiger partial charge < -0.3 is 10.2 Å². The van der Waals surface area contributed by atoms with Gasteiger partial charge in [-0.2, -0.15) is 0 Å². The van der Waals surface area contributed by atoms with Crippen LogP contribution in [0, 0.1) is 0 Å². The number of carbonyl (C=O) groups is 2. The van der Waals surface area contributed by atoms with Gasteiger partial charge in [-0.1, -0.05) is 42.8 Å². The molecule has 2 aromatic carbocycles. The number of sulfonamides is 1. The summed E-state index contributed by atoms with van der Waals surface area (Å²) in [6.45, 7) is 4.49. The molecule has 33 heavy (non-hydrogen) atoms. The summed E-state index contributed by atoms with van der Waals surface area (Å²) in [5, 5.41) is 3.30. The van der Waals surface area contributed by atoms with Gasteiger partial charge >= 0.3 is 0 Å². The normalized spacial score (nSPS) is 14.8. The molecule has 2 aromatic rings. The summed E-state index contributed by atoms with van der Waals surface area (Å²) < 4.78 is 27.1. The Hall–Kier alpha value is -2.46. The summed E-state index contributed by atoms with van der Waals surface area (Å²) in [5.41, 5.74) is 1.92. The predicted molar refractivity (Wildman–Crippen MR) is 129 cm³/mol. The van der Waals surface area contributed by atoms with Gasteiger partial charge in [0.05, 0.1) is 11.4 Å². The molecule has 3 rings (SSSR count).